The van der Waals surface area contributed by atoms with E-state index in [0.717, 1.165) is 5.56 Å². The van der Waals surface area contributed by atoms with Gasteiger partial charge in [-0.1, -0.05) is 30.3 Å². The Morgan fingerprint density at radius 2 is 0.612 bits per heavy atom. The van der Waals surface area contributed by atoms with Gasteiger partial charge in [0.1, 0.15) is 6.61 Å². The number of hydrogen-bond acceptors (Lipinski definition) is 15. The molecule has 0 unspecified atom stereocenters. The van der Waals surface area contributed by atoms with Gasteiger partial charge in [0, 0.05) is 0 Å². The van der Waals surface area contributed by atoms with E-state index in [1.165, 1.54) is 7.11 Å². The summed E-state index contributed by atoms with van der Waals surface area (Å²) in [6.07, 6.45) is 0. The molecule has 0 aliphatic carbocycles. The number of esters is 1. The summed E-state index contributed by atoms with van der Waals surface area (Å²) in [7, 11) is 1.31. The number of rotatable bonds is 40. The van der Waals surface area contributed by atoms with E-state index in [4.69, 9.17) is 61.6 Å². The summed E-state index contributed by atoms with van der Waals surface area (Å²) >= 11 is 0. The van der Waals surface area contributed by atoms with Crippen LogP contribution >= 0.6 is 0 Å². The molecule has 0 spiro atoms. The molecule has 0 aliphatic rings. The van der Waals surface area contributed by atoms with E-state index in [-0.39, 0.29) is 6.61 Å². The van der Waals surface area contributed by atoms with Crippen molar-refractivity contribution in [2.24, 2.45) is 0 Å². The monoisotopic (exact) mass is 708 g/mol. The summed E-state index contributed by atoms with van der Waals surface area (Å²) in [4.78, 5) is 10.9. The Labute approximate surface area is 291 Å². The molecule has 0 N–H and O–H groups in total. The lowest BCUT2D eigenvalue weighted by molar-refractivity contribution is -0.146. The van der Waals surface area contributed by atoms with Crippen LogP contribution in [0.25, 0.3) is 0 Å². The molecule has 0 saturated heterocycles. The first-order valence-electron chi connectivity index (χ1n) is 16.9. The summed E-state index contributed by atoms with van der Waals surface area (Å²) in [5.41, 5.74) is 1.16. The lowest BCUT2D eigenvalue weighted by Gasteiger charge is -2.09. The Morgan fingerprint density at radius 1 is 0.367 bits per heavy atom. The first kappa shape index (κ1) is 45.2. The number of methoxy groups -OCH3 is 1. The van der Waals surface area contributed by atoms with Crippen LogP contribution in [0.2, 0.25) is 0 Å². The zero-order valence-electron chi connectivity index (χ0n) is 29.4. The second-order valence-electron chi connectivity index (χ2n) is 9.90. The van der Waals surface area contributed by atoms with Crippen molar-refractivity contribution in [1.82, 2.24) is 0 Å². The highest BCUT2D eigenvalue weighted by atomic mass is 16.6. The van der Waals surface area contributed by atoms with Gasteiger partial charge in [-0.25, -0.2) is 4.79 Å². The molecule has 0 atom stereocenters. The fourth-order valence-electron chi connectivity index (χ4n) is 3.52. The molecular formula is C34H60O15. The van der Waals surface area contributed by atoms with Gasteiger partial charge in [0.05, 0.1) is 172 Å². The molecule has 0 saturated carbocycles. The molecule has 0 aliphatic heterocycles. The maximum Gasteiger partial charge on any atom is 0.331 e. The summed E-state index contributed by atoms with van der Waals surface area (Å²) in [6, 6.07) is 10.1. The third kappa shape index (κ3) is 35.8. The van der Waals surface area contributed by atoms with Crippen LogP contribution in [0.1, 0.15) is 5.56 Å². The second kappa shape index (κ2) is 39.0. The summed E-state index contributed by atoms with van der Waals surface area (Å²) in [5.74, 6) is -0.409. The van der Waals surface area contributed by atoms with Crippen LogP contribution in [0.4, 0.5) is 0 Å². The third-order valence-electron chi connectivity index (χ3n) is 6.02. The Bertz CT molecular complexity index is 790. The zero-order chi connectivity index (χ0) is 35.0. The molecule has 15 nitrogen and oxygen atoms in total. The van der Waals surface area contributed by atoms with Gasteiger partial charge in [-0.3, -0.25) is 0 Å². The molecule has 15 heteroatoms. The number of ether oxygens (including phenoxy) is 14. The van der Waals surface area contributed by atoms with Gasteiger partial charge in [0.15, 0.2) is 0 Å². The predicted molar refractivity (Wildman–Crippen MR) is 178 cm³/mol. The first-order valence-corrected chi connectivity index (χ1v) is 16.9. The van der Waals surface area contributed by atoms with Crippen LogP contribution in [0, 0.1) is 0 Å². The van der Waals surface area contributed by atoms with E-state index in [0.29, 0.717) is 165 Å². The molecule has 1 rings (SSSR count). The lowest BCUT2D eigenvalue weighted by atomic mass is 10.2. The highest BCUT2D eigenvalue weighted by molar-refractivity contribution is 5.70. The third-order valence-corrected chi connectivity index (χ3v) is 6.02. The molecule has 0 heterocycles. The number of carbonyl (C=O) groups is 1. The Morgan fingerprint density at radius 3 is 0.878 bits per heavy atom. The van der Waals surface area contributed by atoms with Gasteiger partial charge >= 0.3 is 5.97 Å². The zero-order valence-corrected chi connectivity index (χ0v) is 29.4. The van der Waals surface area contributed by atoms with Crippen LogP contribution in [-0.4, -0.2) is 178 Å². The highest BCUT2D eigenvalue weighted by Crippen LogP contribution is 2.00. The minimum Gasteiger partial charge on any atom is -0.467 e. The SMILES string of the molecule is COC(=O)COCCOCCOCCOCCOCCOCCOCCOCCOCCOCCOCCOCCOCc1ccccc1. The lowest BCUT2D eigenvalue weighted by Crippen LogP contribution is -2.16. The largest absolute Gasteiger partial charge is 0.467 e. The maximum atomic E-state index is 10.9. The van der Waals surface area contributed by atoms with Gasteiger partial charge in [-0.15, -0.1) is 0 Å². The van der Waals surface area contributed by atoms with E-state index in [9.17, 15) is 4.79 Å². The Kier molecular flexibility index (Phi) is 35.9. The first-order chi connectivity index (χ1) is 24.3. The van der Waals surface area contributed by atoms with Crippen LogP contribution in [0.3, 0.4) is 0 Å². The van der Waals surface area contributed by atoms with Crippen molar-refractivity contribution in [2.45, 2.75) is 6.61 Å². The number of carbonyl (C=O) groups excluding carboxylic acids is 1. The van der Waals surface area contributed by atoms with Crippen molar-refractivity contribution in [1.29, 1.82) is 0 Å². The standard InChI is InChI=1S/C34H60O15/c1-36-34(35)32-49-30-28-47-26-24-45-22-20-43-18-16-41-14-12-39-10-8-37-7-9-38-11-13-40-15-17-42-19-21-44-23-25-46-27-29-48-31-33-5-3-2-4-6-33/h2-6H,7-32H2,1H3. The van der Waals surface area contributed by atoms with Crippen LogP contribution in [-0.2, 0) is 77.7 Å². The summed E-state index contributed by atoms with van der Waals surface area (Å²) in [6.45, 7) is 12.3. The molecule has 286 valence electrons. The van der Waals surface area contributed by atoms with Crippen molar-refractivity contribution in [3.63, 3.8) is 0 Å². The normalized spacial score (nSPS) is 11.4. The van der Waals surface area contributed by atoms with Crippen molar-refractivity contribution < 1.29 is 71.1 Å². The minimum absolute atomic E-state index is 0.0718. The number of hydrogen-bond donors (Lipinski definition) is 0. The Balaban J connectivity index is 1.61. The van der Waals surface area contributed by atoms with Crippen molar-refractivity contribution >= 4 is 5.97 Å². The van der Waals surface area contributed by atoms with Crippen LogP contribution < -0.4 is 0 Å². The molecule has 1 aromatic carbocycles. The molecule has 0 aromatic heterocycles. The molecule has 0 fully saturated rings. The second-order valence-corrected chi connectivity index (χ2v) is 9.90. The van der Waals surface area contributed by atoms with E-state index in [2.05, 4.69) is 4.74 Å². The topological polar surface area (TPSA) is 146 Å². The fourth-order valence-corrected chi connectivity index (χ4v) is 3.52. The molecule has 0 bridgehead atoms. The van der Waals surface area contributed by atoms with E-state index >= 15 is 0 Å². The van der Waals surface area contributed by atoms with Crippen molar-refractivity contribution in [3.05, 3.63) is 35.9 Å². The Hall–Kier alpha value is -1.83. The van der Waals surface area contributed by atoms with Gasteiger partial charge in [-0.05, 0) is 5.56 Å². The van der Waals surface area contributed by atoms with Crippen LogP contribution in [0.15, 0.2) is 30.3 Å². The average molecular weight is 709 g/mol. The molecule has 1 aromatic rings. The number of benzene rings is 1. The van der Waals surface area contributed by atoms with Crippen LogP contribution in [0.5, 0.6) is 0 Å². The van der Waals surface area contributed by atoms with Gasteiger partial charge < -0.3 is 66.3 Å². The smallest absolute Gasteiger partial charge is 0.331 e. The molecular weight excluding hydrogens is 648 g/mol. The van der Waals surface area contributed by atoms with E-state index in [1.54, 1.807) is 0 Å². The highest BCUT2D eigenvalue weighted by Gasteiger charge is 2.00. The fraction of sp³-hybridized carbons (Fsp3) is 0.794. The van der Waals surface area contributed by atoms with Crippen molar-refractivity contribution in [2.75, 3.05) is 172 Å². The molecule has 0 radical (unpaired) electrons. The van der Waals surface area contributed by atoms with E-state index < -0.39 is 5.97 Å². The van der Waals surface area contributed by atoms with Gasteiger partial charge in [0.25, 0.3) is 0 Å². The summed E-state index contributed by atoms with van der Waals surface area (Å²) in [5, 5.41) is 0. The van der Waals surface area contributed by atoms with Gasteiger partial charge in [-0.2, -0.15) is 0 Å². The summed E-state index contributed by atoms with van der Waals surface area (Å²) < 4.78 is 75.1. The predicted octanol–water partition coefficient (Wildman–Crippen LogP) is 1.58. The maximum absolute atomic E-state index is 10.9. The minimum atomic E-state index is -0.409. The molecule has 49 heavy (non-hydrogen) atoms. The quantitative estimate of drug-likeness (QED) is 0.0718. The van der Waals surface area contributed by atoms with Gasteiger partial charge in [0.2, 0.25) is 0 Å². The molecule has 0 amide bonds. The van der Waals surface area contributed by atoms with Crippen molar-refractivity contribution in [3.8, 4) is 0 Å². The average Bonchev–Trinajstić information content (AvgIpc) is 3.12. The van der Waals surface area contributed by atoms with E-state index in [1.807, 2.05) is 30.3 Å².